The van der Waals surface area contributed by atoms with E-state index in [4.69, 9.17) is 0 Å². The minimum Gasteiger partial charge on any atom is -0.468 e. The molecular weight excluding hydrogens is 344 g/mol. The molecule has 6 heteroatoms. The number of amides is 1. The normalized spacial score (nSPS) is 15.6. The van der Waals surface area contributed by atoms with Gasteiger partial charge in [-0.15, -0.1) is 0 Å². The lowest BCUT2D eigenvalue weighted by Crippen LogP contribution is -2.34. The number of ether oxygens (including phenoxy) is 1. The Balaban J connectivity index is 2.42. The largest absolute Gasteiger partial charge is 0.468 e. The average Bonchev–Trinajstić information content (AvgIpc) is 2.78. The molecule has 0 aromatic carbocycles. The second-order valence-electron chi connectivity index (χ2n) is 8.83. The van der Waals surface area contributed by atoms with Gasteiger partial charge in [-0.25, -0.2) is 0 Å². The summed E-state index contributed by atoms with van der Waals surface area (Å²) in [5.41, 5.74) is 3.51. The molecule has 0 spiro atoms. The summed E-state index contributed by atoms with van der Waals surface area (Å²) < 4.78 is 6.86. The fraction of sp³-hybridized carbons (Fsp3) is 0.667. The van der Waals surface area contributed by atoms with Crippen molar-refractivity contribution < 1.29 is 19.1 Å². The van der Waals surface area contributed by atoms with Crippen molar-refractivity contribution in [3.8, 4) is 0 Å². The van der Waals surface area contributed by atoms with E-state index in [1.54, 1.807) is 7.05 Å². The Bertz CT molecular complexity index is 759. The summed E-state index contributed by atoms with van der Waals surface area (Å²) in [5.74, 6) is -0.0957. The van der Waals surface area contributed by atoms with Crippen LogP contribution in [0, 0.1) is 18.3 Å². The number of hydrogen-bond acceptors (Lipinski definition) is 4. The number of fused-ring (bicyclic) bond motifs is 1. The molecule has 27 heavy (non-hydrogen) atoms. The zero-order valence-electron chi connectivity index (χ0n) is 17.6. The monoisotopic (exact) mass is 376 g/mol. The van der Waals surface area contributed by atoms with E-state index < -0.39 is 5.97 Å². The number of Topliss-reactive ketones (excluding diaryl/α,β-unsaturated/α-hetero) is 1. The highest BCUT2D eigenvalue weighted by Gasteiger charge is 2.37. The molecule has 6 nitrogen and oxygen atoms in total. The second-order valence-corrected chi connectivity index (χ2v) is 8.83. The topological polar surface area (TPSA) is 68.6 Å². The molecule has 150 valence electrons. The predicted octanol–water partition coefficient (Wildman–Crippen LogP) is 2.78. The number of esters is 1. The number of hydrogen-bond donors (Lipinski definition) is 0. The lowest BCUT2D eigenvalue weighted by Gasteiger charge is -2.30. The number of rotatable bonds is 6. The molecule has 0 aliphatic heterocycles. The van der Waals surface area contributed by atoms with Crippen LogP contribution in [0.2, 0.25) is 0 Å². The van der Waals surface area contributed by atoms with Gasteiger partial charge in [-0.3, -0.25) is 14.4 Å². The molecule has 1 aromatic rings. The van der Waals surface area contributed by atoms with Crippen molar-refractivity contribution in [2.24, 2.45) is 11.3 Å². The average molecular weight is 376 g/mol. The van der Waals surface area contributed by atoms with E-state index in [0.717, 1.165) is 35.5 Å². The van der Waals surface area contributed by atoms with Crippen LogP contribution in [0.15, 0.2) is 0 Å². The summed E-state index contributed by atoms with van der Waals surface area (Å²) in [6.45, 7) is 11.3. The number of likely N-dealkylation sites (N-methyl/N-ethyl adjacent to an activating group) is 1. The lowest BCUT2D eigenvalue weighted by molar-refractivity contribution is -0.145. The third-order valence-electron chi connectivity index (χ3n) is 5.22. The van der Waals surface area contributed by atoms with Crippen LogP contribution in [0.4, 0.5) is 0 Å². The maximum Gasteiger partial charge on any atom is 0.325 e. The quantitative estimate of drug-likeness (QED) is 0.716. The van der Waals surface area contributed by atoms with E-state index in [1.165, 1.54) is 12.0 Å². The van der Waals surface area contributed by atoms with E-state index in [-0.39, 0.29) is 30.1 Å². The zero-order chi connectivity index (χ0) is 20.5. The van der Waals surface area contributed by atoms with Gasteiger partial charge < -0.3 is 14.2 Å². The molecule has 1 aliphatic rings. The van der Waals surface area contributed by atoms with E-state index in [0.29, 0.717) is 12.3 Å². The molecule has 0 saturated heterocycles. The van der Waals surface area contributed by atoms with Gasteiger partial charge in [-0.2, -0.15) is 0 Å². The number of aromatic nitrogens is 1. The number of nitrogens with zero attached hydrogens (tertiary/aromatic N) is 2. The van der Waals surface area contributed by atoms with Crippen molar-refractivity contribution in [3.63, 3.8) is 0 Å². The molecule has 1 amide bonds. The van der Waals surface area contributed by atoms with Crippen LogP contribution in [-0.2, 0) is 33.7 Å². The third-order valence-corrected chi connectivity index (χ3v) is 5.22. The van der Waals surface area contributed by atoms with Crippen LogP contribution in [0.25, 0.3) is 0 Å². The van der Waals surface area contributed by atoms with E-state index in [1.807, 2.05) is 6.92 Å². The summed E-state index contributed by atoms with van der Waals surface area (Å²) in [5, 5.41) is 0. The molecule has 1 heterocycles. The van der Waals surface area contributed by atoms with Crippen LogP contribution >= 0.6 is 0 Å². The number of carbonyl (C=O) groups is 3. The van der Waals surface area contributed by atoms with Gasteiger partial charge in [0.05, 0.1) is 13.5 Å². The molecule has 2 rings (SSSR count). The minimum absolute atomic E-state index is 0.0768. The number of methoxy groups -OCH3 is 1. The van der Waals surface area contributed by atoms with Crippen molar-refractivity contribution in [3.05, 3.63) is 22.5 Å². The molecular formula is C21H32N2O4. The summed E-state index contributed by atoms with van der Waals surface area (Å²) in [7, 11) is 2.88. The van der Waals surface area contributed by atoms with Gasteiger partial charge in [0.1, 0.15) is 6.54 Å². The molecule has 1 aliphatic carbocycles. The summed E-state index contributed by atoms with van der Waals surface area (Å²) in [6.07, 6.45) is 1.44. The standard InChI is InChI=1S/C21H32N2O4/c1-13(2)11-23-14(3)15(8-18(25)22(6)12-19(26)27-7)20-16(23)9-21(4,5)10-17(20)24/h13H,8-12H2,1-7H3. The summed E-state index contributed by atoms with van der Waals surface area (Å²) >= 11 is 0. The van der Waals surface area contributed by atoms with Gasteiger partial charge in [0.2, 0.25) is 5.91 Å². The predicted molar refractivity (Wildman–Crippen MR) is 104 cm³/mol. The maximum absolute atomic E-state index is 12.9. The van der Waals surface area contributed by atoms with Crippen LogP contribution in [0.5, 0.6) is 0 Å². The summed E-state index contributed by atoms with van der Waals surface area (Å²) in [6, 6.07) is 0. The lowest BCUT2D eigenvalue weighted by atomic mass is 9.75. The van der Waals surface area contributed by atoms with Crippen LogP contribution in [0.3, 0.4) is 0 Å². The Kier molecular flexibility index (Phi) is 6.17. The van der Waals surface area contributed by atoms with Gasteiger partial charge >= 0.3 is 5.97 Å². The molecule has 0 saturated carbocycles. The molecule has 0 radical (unpaired) electrons. The van der Waals surface area contributed by atoms with Crippen LogP contribution in [0.1, 0.15) is 61.4 Å². The summed E-state index contributed by atoms with van der Waals surface area (Å²) in [4.78, 5) is 38.4. The van der Waals surface area contributed by atoms with E-state index in [2.05, 4.69) is 37.0 Å². The van der Waals surface area contributed by atoms with Crippen LogP contribution in [-0.4, -0.2) is 47.8 Å². The molecule has 0 bridgehead atoms. The zero-order valence-corrected chi connectivity index (χ0v) is 17.6. The fourth-order valence-corrected chi connectivity index (χ4v) is 3.87. The van der Waals surface area contributed by atoms with Gasteiger partial charge in [0, 0.05) is 37.0 Å². The van der Waals surface area contributed by atoms with Gasteiger partial charge in [-0.1, -0.05) is 27.7 Å². The smallest absolute Gasteiger partial charge is 0.325 e. The van der Waals surface area contributed by atoms with Gasteiger partial charge in [-0.05, 0) is 30.2 Å². The first-order valence-corrected chi connectivity index (χ1v) is 9.51. The molecule has 0 atom stereocenters. The van der Waals surface area contributed by atoms with Crippen molar-refractivity contribution in [2.75, 3.05) is 20.7 Å². The minimum atomic E-state index is -0.459. The SMILES string of the molecule is COC(=O)CN(C)C(=O)Cc1c2c(n(CC(C)C)c1C)CC(C)(C)CC2=O. The first-order valence-electron chi connectivity index (χ1n) is 9.51. The van der Waals surface area contributed by atoms with Gasteiger partial charge in [0.25, 0.3) is 0 Å². The van der Waals surface area contributed by atoms with Crippen molar-refractivity contribution in [2.45, 2.75) is 60.4 Å². The maximum atomic E-state index is 12.9. The fourth-order valence-electron chi connectivity index (χ4n) is 3.87. The first-order chi connectivity index (χ1) is 12.5. The highest BCUT2D eigenvalue weighted by Crippen LogP contribution is 2.39. The van der Waals surface area contributed by atoms with Crippen molar-refractivity contribution >= 4 is 17.7 Å². The Labute approximate surface area is 161 Å². The molecule has 0 unspecified atom stereocenters. The highest BCUT2D eigenvalue weighted by atomic mass is 16.5. The van der Waals surface area contributed by atoms with Crippen molar-refractivity contribution in [1.82, 2.24) is 9.47 Å². The number of carbonyl (C=O) groups excluding carboxylic acids is 3. The second kappa shape index (κ2) is 7.87. The van der Waals surface area contributed by atoms with Gasteiger partial charge in [0.15, 0.2) is 5.78 Å². The highest BCUT2D eigenvalue weighted by molar-refractivity contribution is 6.02. The first kappa shape index (κ1) is 21.2. The Morgan fingerprint density at radius 1 is 1.26 bits per heavy atom. The molecule has 0 N–H and O–H groups in total. The third kappa shape index (κ3) is 4.60. The Morgan fingerprint density at radius 2 is 1.89 bits per heavy atom. The molecule has 1 aromatic heterocycles. The van der Waals surface area contributed by atoms with Crippen molar-refractivity contribution in [1.29, 1.82) is 0 Å². The van der Waals surface area contributed by atoms with Crippen LogP contribution < -0.4 is 0 Å². The van der Waals surface area contributed by atoms with E-state index in [9.17, 15) is 14.4 Å². The Morgan fingerprint density at radius 3 is 2.44 bits per heavy atom. The molecule has 0 fully saturated rings. The Hall–Kier alpha value is -2.11. The number of ketones is 1. The van der Waals surface area contributed by atoms with E-state index >= 15 is 0 Å².